The van der Waals surface area contributed by atoms with E-state index < -0.39 is 0 Å². The molecule has 0 saturated heterocycles. The van der Waals surface area contributed by atoms with Crippen molar-refractivity contribution in [1.29, 1.82) is 0 Å². The lowest BCUT2D eigenvalue weighted by Gasteiger charge is -2.22. The molecule has 0 fully saturated rings. The van der Waals surface area contributed by atoms with Crippen molar-refractivity contribution in [3.63, 3.8) is 0 Å². The van der Waals surface area contributed by atoms with Gasteiger partial charge in [-0.1, -0.05) is 91.0 Å². The number of nitrogens with zero attached hydrogens (tertiary/aromatic N) is 1. The van der Waals surface area contributed by atoms with Crippen molar-refractivity contribution in [3.8, 4) is 55.1 Å². The first-order valence-electron chi connectivity index (χ1n) is 12.0. The summed E-state index contributed by atoms with van der Waals surface area (Å²) in [5.74, 6) is 0. The van der Waals surface area contributed by atoms with Gasteiger partial charge in [0.25, 0.3) is 0 Å². The molecule has 0 spiro atoms. The largest absolute Gasteiger partial charge is 0.223 e. The highest BCUT2D eigenvalue weighted by atomic mass is 32.1. The fourth-order valence-electron chi connectivity index (χ4n) is 5.59. The standard InChI is InChI=1S/C33H24NS/c1-21-22-11-9-10-18-32(22)35-33(21)31-19-29-27-16-7-5-14-25(27)23-12-3-4-13-24(23)26-15-6-8-17-28(26)30(29)20-34(31)2/h3-20H,1-2H3/q+1. The van der Waals surface area contributed by atoms with Gasteiger partial charge in [-0.2, -0.15) is 4.57 Å². The van der Waals surface area contributed by atoms with E-state index in [1.807, 2.05) is 11.3 Å². The van der Waals surface area contributed by atoms with Gasteiger partial charge in [0, 0.05) is 16.3 Å². The van der Waals surface area contributed by atoms with Crippen LogP contribution in [0.5, 0.6) is 0 Å². The van der Waals surface area contributed by atoms with Crippen molar-refractivity contribution >= 4 is 21.4 Å². The number of thiophene rings is 1. The highest BCUT2D eigenvalue weighted by molar-refractivity contribution is 7.22. The predicted molar refractivity (Wildman–Crippen MR) is 148 cm³/mol. The van der Waals surface area contributed by atoms with Gasteiger partial charge in [0.2, 0.25) is 5.69 Å². The predicted octanol–water partition coefficient (Wildman–Crippen LogP) is 8.68. The summed E-state index contributed by atoms with van der Waals surface area (Å²) in [6, 6.07) is 37.7. The summed E-state index contributed by atoms with van der Waals surface area (Å²) in [7, 11) is 2.18. The summed E-state index contributed by atoms with van der Waals surface area (Å²) in [6.45, 7) is 2.25. The van der Waals surface area contributed by atoms with Crippen LogP contribution < -0.4 is 4.57 Å². The van der Waals surface area contributed by atoms with E-state index in [1.165, 1.54) is 70.7 Å². The van der Waals surface area contributed by atoms with E-state index in [2.05, 4.69) is 128 Å². The molecule has 0 unspecified atom stereocenters. The maximum absolute atomic E-state index is 2.41. The van der Waals surface area contributed by atoms with Crippen LogP contribution in [0.25, 0.3) is 65.2 Å². The van der Waals surface area contributed by atoms with Crippen molar-refractivity contribution in [2.24, 2.45) is 7.05 Å². The van der Waals surface area contributed by atoms with Crippen LogP contribution in [0.1, 0.15) is 5.56 Å². The number of pyridine rings is 1. The lowest BCUT2D eigenvalue weighted by atomic mass is 9.81. The number of hydrogen-bond donors (Lipinski definition) is 0. The van der Waals surface area contributed by atoms with Gasteiger partial charge in [0.15, 0.2) is 6.20 Å². The molecule has 0 atom stereocenters. The van der Waals surface area contributed by atoms with Crippen LogP contribution in [0.3, 0.4) is 0 Å². The van der Waals surface area contributed by atoms with Gasteiger partial charge < -0.3 is 0 Å². The molecule has 6 aromatic rings. The van der Waals surface area contributed by atoms with Crippen LogP contribution in [0, 0.1) is 6.92 Å². The first kappa shape index (κ1) is 20.4. The zero-order chi connectivity index (χ0) is 23.5. The average molecular weight is 467 g/mol. The number of benzene rings is 4. The molecule has 2 aromatic heterocycles. The van der Waals surface area contributed by atoms with Gasteiger partial charge in [-0.3, -0.25) is 0 Å². The minimum Gasteiger partial charge on any atom is -0.200 e. The first-order valence-corrected chi connectivity index (χ1v) is 12.8. The Kier molecular flexibility index (Phi) is 4.52. The van der Waals surface area contributed by atoms with Crippen LogP contribution in [0.2, 0.25) is 0 Å². The smallest absolute Gasteiger partial charge is 0.200 e. The van der Waals surface area contributed by atoms with Crippen molar-refractivity contribution in [1.82, 2.24) is 0 Å². The Hall–Kier alpha value is -4.01. The van der Waals surface area contributed by atoms with E-state index >= 15 is 0 Å². The van der Waals surface area contributed by atoms with E-state index in [-0.39, 0.29) is 0 Å². The second-order valence-corrected chi connectivity index (χ2v) is 10.3. The van der Waals surface area contributed by atoms with E-state index in [4.69, 9.17) is 0 Å². The molecule has 2 heterocycles. The lowest BCUT2D eigenvalue weighted by molar-refractivity contribution is -0.659. The molecule has 7 rings (SSSR count). The molecule has 0 aliphatic heterocycles. The zero-order valence-electron chi connectivity index (χ0n) is 19.7. The Morgan fingerprint density at radius 3 is 1.54 bits per heavy atom. The summed E-state index contributed by atoms with van der Waals surface area (Å²) < 4.78 is 3.65. The maximum atomic E-state index is 2.41. The summed E-state index contributed by atoms with van der Waals surface area (Å²) in [4.78, 5) is 1.34. The molecule has 166 valence electrons. The average Bonchev–Trinajstić information content (AvgIpc) is 3.24. The van der Waals surface area contributed by atoms with Gasteiger partial charge in [-0.15, -0.1) is 11.3 Å². The molecule has 2 heteroatoms. The van der Waals surface area contributed by atoms with Crippen molar-refractivity contribution in [3.05, 3.63) is 115 Å². The van der Waals surface area contributed by atoms with Crippen LogP contribution in [-0.2, 0) is 7.05 Å². The van der Waals surface area contributed by atoms with Crippen molar-refractivity contribution < 1.29 is 4.57 Å². The maximum Gasteiger partial charge on any atom is 0.223 e. The summed E-state index contributed by atoms with van der Waals surface area (Å²) in [5.41, 5.74) is 12.9. The van der Waals surface area contributed by atoms with Crippen LogP contribution in [0.15, 0.2) is 109 Å². The minimum absolute atomic E-state index is 1.25. The number of hydrogen-bond acceptors (Lipinski definition) is 1. The van der Waals surface area contributed by atoms with Crippen molar-refractivity contribution in [2.45, 2.75) is 6.92 Å². The SMILES string of the molecule is Cc1c(-c2cc3c(c[n+]2C)-c2ccccc2-c2ccccc2-c2ccccc2-3)sc2ccccc12. The molecule has 35 heavy (non-hydrogen) atoms. The molecule has 4 aromatic carbocycles. The number of rotatable bonds is 1. The first-order chi connectivity index (χ1) is 17.2. The van der Waals surface area contributed by atoms with Crippen LogP contribution in [-0.4, -0.2) is 0 Å². The molecule has 1 aliphatic rings. The molecular formula is C33H24NS+. The fraction of sp³-hybridized carbons (Fsp3) is 0.0606. The number of aryl methyl sites for hydroxylation is 2. The quantitative estimate of drug-likeness (QED) is 0.213. The number of fused-ring (bicyclic) bond motifs is 9. The van der Waals surface area contributed by atoms with Gasteiger partial charge in [-0.25, -0.2) is 0 Å². The van der Waals surface area contributed by atoms with Crippen LogP contribution in [0.4, 0.5) is 0 Å². The van der Waals surface area contributed by atoms with Gasteiger partial charge >= 0.3 is 0 Å². The second-order valence-electron chi connectivity index (χ2n) is 9.29. The summed E-state index contributed by atoms with van der Waals surface area (Å²) in [5, 5.41) is 1.35. The van der Waals surface area contributed by atoms with E-state index in [9.17, 15) is 0 Å². The van der Waals surface area contributed by atoms with E-state index in [0.29, 0.717) is 0 Å². The third-order valence-electron chi connectivity index (χ3n) is 7.29. The third-order valence-corrected chi connectivity index (χ3v) is 8.59. The second kappa shape index (κ2) is 7.76. The van der Waals surface area contributed by atoms with Crippen LogP contribution >= 0.6 is 11.3 Å². The Balaban J connectivity index is 1.60. The normalized spacial score (nSPS) is 11.7. The Bertz CT molecular complexity index is 1770. The van der Waals surface area contributed by atoms with Gasteiger partial charge in [0.05, 0.1) is 5.56 Å². The number of aromatic nitrogens is 1. The summed E-state index contributed by atoms with van der Waals surface area (Å²) in [6.07, 6.45) is 2.33. The third kappa shape index (κ3) is 3.03. The molecule has 0 radical (unpaired) electrons. The Morgan fingerprint density at radius 2 is 1.00 bits per heavy atom. The Labute approximate surface area is 209 Å². The molecule has 1 nitrogen and oxygen atoms in total. The Morgan fingerprint density at radius 1 is 0.543 bits per heavy atom. The van der Waals surface area contributed by atoms with E-state index in [1.54, 1.807) is 0 Å². The lowest BCUT2D eigenvalue weighted by Crippen LogP contribution is -2.31. The summed E-state index contributed by atoms with van der Waals surface area (Å²) >= 11 is 1.89. The molecule has 0 N–H and O–H groups in total. The molecular weight excluding hydrogens is 442 g/mol. The minimum atomic E-state index is 1.25. The fourth-order valence-corrected chi connectivity index (χ4v) is 6.86. The van der Waals surface area contributed by atoms with Crippen molar-refractivity contribution in [2.75, 3.05) is 0 Å². The highest BCUT2D eigenvalue weighted by Gasteiger charge is 2.27. The molecule has 0 bridgehead atoms. The highest BCUT2D eigenvalue weighted by Crippen LogP contribution is 2.48. The zero-order valence-corrected chi connectivity index (χ0v) is 20.6. The molecule has 1 aliphatic carbocycles. The van der Waals surface area contributed by atoms with Gasteiger partial charge in [-0.05, 0) is 57.3 Å². The molecule has 0 amide bonds. The topological polar surface area (TPSA) is 3.88 Å². The monoisotopic (exact) mass is 466 g/mol. The molecule has 0 saturated carbocycles. The van der Waals surface area contributed by atoms with E-state index in [0.717, 1.165) is 0 Å². The van der Waals surface area contributed by atoms with Gasteiger partial charge in [0.1, 0.15) is 11.9 Å².